The molecule has 0 radical (unpaired) electrons. The Balaban J connectivity index is 1.46. The van der Waals surface area contributed by atoms with Crippen molar-refractivity contribution in [2.75, 3.05) is 13.1 Å². The van der Waals surface area contributed by atoms with Gasteiger partial charge in [-0.1, -0.05) is 12.1 Å². The van der Waals surface area contributed by atoms with E-state index in [0.717, 1.165) is 36.2 Å². The van der Waals surface area contributed by atoms with E-state index < -0.39 is 0 Å². The number of fused-ring (bicyclic) bond motifs is 1. The normalized spacial score (nSPS) is 17.6. The van der Waals surface area contributed by atoms with Crippen LogP contribution in [-0.2, 0) is 16.0 Å². The van der Waals surface area contributed by atoms with Gasteiger partial charge in [0.2, 0.25) is 11.8 Å². The number of hydrogen-bond acceptors (Lipinski definition) is 4. The number of amides is 2. The van der Waals surface area contributed by atoms with Crippen LogP contribution in [0.3, 0.4) is 0 Å². The molecule has 23 heavy (non-hydrogen) atoms. The van der Waals surface area contributed by atoms with Crippen LogP contribution in [0.25, 0.3) is 10.2 Å². The van der Waals surface area contributed by atoms with Crippen molar-refractivity contribution in [3.05, 3.63) is 29.3 Å². The van der Waals surface area contributed by atoms with Crippen LogP contribution in [0.15, 0.2) is 24.3 Å². The molecule has 1 atom stereocenters. The van der Waals surface area contributed by atoms with Gasteiger partial charge in [-0.15, -0.1) is 11.3 Å². The van der Waals surface area contributed by atoms with E-state index in [4.69, 9.17) is 0 Å². The first-order chi connectivity index (χ1) is 11.1. The summed E-state index contributed by atoms with van der Waals surface area (Å²) in [4.78, 5) is 30.0. The fourth-order valence-corrected chi connectivity index (χ4v) is 4.02. The van der Waals surface area contributed by atoms with Gasteiger partial charge in [0.25, 0.3) is 0 Å². The molecule has 1 N–H and O–H groups in total. The van der Waals surface area contributed by atoms with Gasteiger partial charge in [0.15, 0.2) is 0 Å². The summed E-state index contributed by atoms with van der Waals surface area (Å²) in [5.41, 5.74) is 1.04. The maximum atomic E-state index is 12.2. The van der Waals surface area contributed by atoms with E-state index in [1.807, 2.05) is 18.2 Å². The van der Waals surface area contributed by atoms with Crippen LogP contribution in [0.1, 0.15) is 31.2 Å². The first kappa shape index (κ1) is 15.9. The zero-order valence-electron chi connectivity index (χ0n) is 13.2. The molecule has 122 valence electrons. The van der Waals surface area contributed by atoms with Gasteiger partial charge in [0.1, 0.15) is 6.04 Å². The highest BCUT2D eigenvalue weighted by atomic mass is 32.1. The van der Waals surface area contributed by atoms with Gasteiger partial charge in [-0.3, -0.25) is 9.59 Å². The van der Waals surface area contributed by atoms with E-state index in [0.29, 0.717) is 13.1 Å². The zero-order chi connectivity index (χ0) is 16.2. The van der Waals surface area contributed by atoms with E-state index in [1.165, 1.54) is 11.6 Å². The molecule has 0 bridgehead atoms. The molecule has 3 rings (SSSR count). The highest BCUT2D eigenvalue weighted by Crippen LogP contribution is 2.22. The second-order valence-corrected chi connectivity index (χ2v) is 6.96. The van der Waals surface area contributed by atoms with Crippen molar-refractivity contribution >= 4 is 33.4 Å². The fraction of sp³-hybridized carbons (Fsp3) is 0.471. The van der Waals surface area contributed by atoms with Crippen molar-refractivity contribution in [1.29, 1.82) is 0 Å². The molecule has 0 unspecified atom stereocenters. The molecule has 1 aliphatic rings. The first-order valence-electron chi connectivity index (χ1n) is 8.04. The van der Waals surface area contributed by atoms with Gasteiger partial charge in [-0.05, 0) is 31.4 Å². The lowest BCUT2D eigenvalue weighted by Crippen LogP contribution is -2.45. The van der Waals surface area contributed by atoms with Crippen LogP contribution in [0, 0.1) is 0 Å². The Labute approximate surface area is 139 Å². The molecule has 6 heteroatoms. The lowest BCUT2D eigenvalue weighted by molar-refractivity contribution is -0.136. The quantitative estimate of drug-likeness (QED) is 0.856. The minimum atomic E-state index is -0.282. The molecule has 1 saturated heterocycles. The molecule has 2 heterocycles. The van der Waals surface area contributed by atoms with Crippen molar-refractivity contribution in [2.24, 2.45) is 0 Å². The maximum absolute atomic E-state index is 12.2. The monoisotopic (exact) mass is 331 g/mol. The van der Waals surface area contributed by atoms with Crippen LogP contribution in [0.5, 0.6) is 0 Å². The number of carbonyl (C=O) groups is 2. The topological polar surface area (TPSA) is 62.3 Å². The molecule has 2 amide bonds. The predicted octanol–water partition coefficient (Wildman–Crippen LogP) is 2.36. The summed E-state index contributed by atoms with van der Waals surface area (Å²) in [5.74, 6) is -0.0425. The number of para-hydroxylation sites is 1. The largest absolute Gasteiger partial charge is 0.354 e. The maximum Gasteiger partial charge on any atom is 0.242 e. The van der Waals surface area contributed by atoms with E-state index >= 15 is 0 Å². The molecule has 1 aromatic carbocycles. The summed E-state index contributed by atoms with van der Waals surface area (Å²) in [7, 11) is 0. The molecule has 0 saturated carbocycles. The lowest BCUT2D eigenvalue weighted by atomic mass is 10.2. The number of thiazole rings is 1. The lowest BCUT2D eigenvalue weighted by Gasteiger charge is -2.22. The number of hydrogen-bond donors (Lipinski definition) is 1. The first-order valence-corrected chi connectivity index (χ1v) is 8.86. The smallest absolute Gasteiger partial charge is 0.242 e. The van der Waals surface area contributed by atoms with Gasteiger partial charge in [0, 0.05) is 26.4 Å². The zero-order valence-corrected chi connectivity index (χ0v) is 14.1. The Bertz CT molecular complexity index is 680. The molecular weight excluding hydrogens is 310 g/mol. The van der Waals surface area contributed by atoms with Gasteiger partial charge < -0.3 is 10.2 Å². The Hall–Kier alpha value is -1.95. The minimum Gasteiger partial charge on any atom is -0.354 e. The number of likely N-dealkylation sites (tertiary alicyclic amines) is 1. The van der Waals surface area contributed by atoms with Gasteiger partial charge in [-0.2, -0.15) is 0 Å². The molecular formula is C17H21N3O2S. The summed E-state index contributed by atoms with van der Waals surface area (Å²) in [6.45, 7) is 2.84. The Morgan fingerprint density at radius 3 is 3.00 bits per heavy atom. The third kappa shape index (κ3) is 3.69. The molecule has 5 nitrogen and oxygen atoms in total. The molecule has 1 fully saturated rings. The Kier molecular flexibility index (Phi) is 4.91. The van der Waals surface area contributed by atoms with Crippen LogP contribution in [0.4, 0.5) is 0 Å². The number of benzene rings is 1. The summed E-state index contributed by atoms with van der Waals surface area (Å²) >= 11 is 1.71. The summed E-state index contributed by atoms with van der Waals surface area (Å²) < 4.78 is 1.20. The van der Waals surface area contributed by atoms with Crippen molar-refractivity contribution < 1.29 is 9.59 Å². The van der Waals surface area contributed by atoms with Gasteiger partial charge in [-0.25, -0.2) is 4.98 Å². The third-order valence-electron chi connectivity index (χ3n) is 4.16. The van der Waals surface area contributed by atoms with Crippen LogP contribution in [0.2, 0.25) is 0 Å². The second kappa shape index (κ2) is 7.08. The molecule has 1 aliphatic heterocycles. The standard InChI is InChI=1S/C17H21N3O2S/c1-12(21)20-11-5-7-14(20)17(22)18-10-4-9-16-19-13-6-2-3-8-15(13)23-16/h2-3,6,8,14H,4-5,7,9-11H2,1H3,(H,18,22)/t14-/m0/s1. The predicted molar refractivity (Wildman–Crippen MR) is 91.4 cm³/mol. The summed E-state index contributed by atoms with van der Waals surface area (Å²) in [6.07, 6.45) is 3.39. The van der Waals surface area contributed by atoms with Crippen molar-refractivity contribution in [3.8, 4) is 0 Å². The number of nitrogens with zero attached hydrogens (tertiary/aromatic N) is 2. The van der Waals surface area contributed by atoms with Crippen LogP contribution < -0.4 is 5.32 Å². The van der Waals surface area contributed by atoms with Gasteiger partial charge in [0.05, 0.1) is 15.2 Å². The molecule has 0 spiro atoms. The second-order valence-electron chi connectivity index (χ2n) is 5.84. The van der Waals surface area contributed by atoms with Gasteiger partial charge >= 0.3 is 0 Å². The highest BCUT2D eigenvalue weighted by Gasteiger charge is 2.31. The van der Waals surface area contributed by atoms with Crippen LogP contribution in [-0.4, -0.2) is 40.8 Å². The average Bonchev–Trinajstić information content (AvgIpc) is 3.17. The molecule has 0 aliphatic carbocycles. The Morgan fingerprint density at radius 1 is 1.39 bits per heavy atom. The van der Waals surface area contributed by atoms with E-state index in [-0.39, 0.29) is 17.9 Å². The average molecular weight is 331 g/mol. The fourth-order valence-electron chi connectivity index (χ4n) is 3.01. The molecule has 2 aromatic rings. The van der Waals surface area contributed by atoms with Crippen LogP contribution >= 0.6 is 11.3 Å². The van der Waals surface area contributed by atoms with E-state index in [9.17, 15) is 9.59 Å². The van der Waals surface area contributed by atoms with Crippen molar-refractivity contribution in [3.63, 3.8) is 0 Å². The number of aromatic nitrogens is 1. The highest BCUT2D eigenvalue weighted by molar-refractivity contribution is 7.18. The van der Waals surface area contributed by atoms with E-state index in [1.54, 1.807) is 16.2 Å². The Morgan fingerprint density at radius 2 is 2.22 bits per heavy atom. The van der Waals surface area contributed by atoms with E-state index in [2.05, 4.69) is 16.4 Å². The molecule has 1 aromatic heterocycles. The number of aryl methyl sites for hydroxylation is 1. The number of carbonyl (C=O) groups excluding carboxylic acids is 2. The minimum absolute atomic E-state index is 0.0166. The summed E-state index contributed by atoms with van der Waals surface area (Å²) in [6, 6.07) is 7.83. The van der Waals surface area contributed by atoms with Crippen molar-refractivity contribution in [2.45, 2.75) is 38.6 Å². The SMILES string of the molecule is CC(=O)N1CCC[C@H]1C(=O)NCCCc1nc2ccccc2s1. The number of nitrogens with one attached hydrogen (secondary N) is 1. The summed E-state index contributed by atoms with van der Waals surface area (Å²) in [5, 5.41) is 4.06. The van der Waals surface area contributed by atoms with Crippen molar-refractivity contribution in [1.82, 2.24) is 15.2 Å². The number of rotatable bonds is 5. The third-order valence-corrected chi connectivity index (χ3v) is 5.26.